The Labute approximate surface area is 114 Å². The fourth-order valence-electron chi connectivity index (χ4n) is 1.45. The highest BCUT2D eigenvalue weighted by Crippen LogP contribution is 2.27. The molecule has 0 aliphatic heterocycles. The first-order chi connectivity index (χ1) is 8.61. The Hall–Kier alpha value is -1.59. The van der Waals surface area contributed by atoms with Crippen molar-refractivity contribution >= 4 is 34.7 Å². The van der Waals surface area contributed by atoms with Crippen LogP contribution in [-0.2, 0) is 0 Å². The minimum Gasteiger partial charge on any atom is -0.495 e. The maximum atomic E-state index is 12.0. The Morgan fingerprint density at radius 3 is 2.89 bits per heavy atom. The van der Waals surface area contributed by atoms with Gasteiger partial charge in [0.2, 0.25) is 0 Å². The van der Waals surface area contributed by atoms with Crippen LogP contribution in [0.15, 0.2) is 23.6 Å². The molecular weight excluding hydrogens is 272 g/mol. The molecule has 0 aliphatic rings. The number of hydrogen-bond acceptors (Lipinski definition) is 4. The van der Waals surface area contributed by atoms with Crippen molar-refractivity contribution in [2.45, 2.75) is 6.92 Å². The van der Waals surface area contributed by atoms with Gasteiger partial charge >= 0.3 is 0 Å². The van der Waals surface area contributed by atoms with Gasteiger partial charge in [0.15, 0.2) is 0 Å². The van der Waals surface area contributed by atoms with Crippen molar-refractivity contribution in [1.29, 1.82) is 0 Å². The lowest BCUT2D eigenvalue weighted by atomic mass is 10.2. The summed E-state index contributed by atoms with van der Waals surface area (Å²) in [4.78, 5) is 12.0. The molecule has 4 nitrogen and oxygen atoms in total. The molecule has 94 valence electrons. The number of halogens is 1. The van der Waals surface area contributed by atoms with E-state index in [-0.39, 0.29) is 5.91 Å². The summed E-state index contributed by atoms with van der Waals surface area (Å²) in [7, 11) is 1.53. The van der Waals surface area contributed by atoms with Gasteiger partial charge in [-0.3, -0.25) is 4.79 Å². The minimum atomic E-state index is -0.189. The number of nitrogens with zero attached hydrogens (tertiary/aromatic N) is 1. The zero-order valence-electron chi connectivity index (χ0n) is 9.86. The van der Waals surface area contributed by atoms with Crippen molar-refractivity contribution in [3.63, 3.8) is 0 Å². The number of aromatic nitrogens is 1. The van der Waals surface area contributed by atoms with Crippen LogP contribution in [0.5, 0.6) is 5.75 Å². The fraction of sp³-hybridized carbons (Fsp3) is 0.167. The topological polar surface area (TPSA) is 51.2 Å². The smallest absolute Gasteiger partial charge is 0.258 e. The maximum absolute atomic E-state index is 12.0. The van der Waals surface area contributed by atoms with Gasteiger partial charge < -0.3 is 10.1 Å². The van der Waals surface area contributed by atoms with E-state index in [1.807, 2.05) is 0 Å². The number of carbonyl (C=O) groups excluding carboxylic acids is 1. The first-order valence-electron chi connectivity index (χ1n) is 5.17. The summed E-state index contributed by atoms with van der Waals surface area (Å²) in [6, 6.07) is 5.07. The second kappa shape index (κ2) is 5.37. The number of rotatable bonds is 3. The second-order valence-corrected chi connectivity index (χ2v) is 4.65. The van der Waals surface area contributed by atoms with Crippen LogP contribution in [0.4, 0.5) is 5.69 Å². The minimum absolute atomic E-state index is 0.189. The zero-order chi connectivity index (χ0) is 13.1. The number of amides is 1. The zero-order valence-corrected chi connectivity index (χ0v) is 11.4. The van der Waals surface area contributed by atoms with Gasteiger partial charge in [0.05, 0.1) is 23.4 Å². The molecule has 0 bridgehead atoms. The number of nitrogens with one attached hydrogen (secondary N) is 1. The summed E-state index contributed by atoms with van der Waals surface area (Å²) < 4.78 is 9.15. The molecule has 0 fully saturated rings. The predicted molar refractivity (Wildman–Crippen MR) is 72.8 cm³/mol. The van der Waals surface area contributed by atoms with Crippen molar-refractivity contribution in [1.82, 2.24) is 4.37 Å². The van der Waals surface area contributed by atoms with E-state index in [1.54, 1.807) is 30.5 Å². The van der Waals surface area contributed by atoms with Crippen molar-refractivity contribution in [2.24, 2.45) is 0 Å². The molecule has 6 heteroatoms. The van der Waals surface area contributed by atoms with E-state index >= 15 is 0 Å². The van der Waals surface area contributed by atoms with Crippen LogP contribution < -0.4 is 10.1 Å². The highest BCUT2D eigenvalue weighted by Gasteiger charge is 2.12. The molecular formula is C12H11ClN2O2S. The van der Waals surface area contributed by atoms with Crippen LogP contribution in [0.3, 0.4) is 0 Å². The van der Waals surface area contributed by atoms with Crippen molar-refractivity contribution in [3.8, 4) is 5.75 Å². The van der Waals surface area contributed by atoms with E-state index in [0.717, 1.165) is 5.69 Å². The summed E-state index contributed by atoms with van der Waals surface area (Å²) in [5.74, 6) is 0.334. The standard InChI is InChI=1S/C12H11ClN2O2S/c1-7-9(6-18-15-7)12(16)14-8-3-4-10(13)11(5-8)17-2/h3-6H,1-2H3,(H,14,16). The molecule has 1 amide bonds. The SMILES string of the molecule is COc1cc(NC(=O)c2csnc2C)ccc1Cl. The van der Waals surface area contributed by atoms with Gasteiger partial charge in [0, 0.05) is 17.1 Å². The van der Waals surface area contributed by atoms with Crippen LogP contribution in [0, 0.1) is 6.92 Å². The summed E-state index contributed by atoms with van der Waals surface area (Å²) in [6.45, 7) is 1.80. The molecule has 0 spiro atoms. The normalized spacial score (nSPS) is 10.2. The molecule has 1 N–H and O–H groups in total. The fourth-order valence-corrected chi connectivity index (χ4v) is 2.33. The predicted octanol–water partition coefficient (Wildman–Crippen LogP) is 3.37. The molecule has 2 aromatic rings. The van der Waals surface area contributed by atoms with Crippen LogP contribution in [-0.4, -0.2) is 17.4 Å². The molecule has 1 aromatic heterocycles. The summed E-state index contributed by atoms with van der Waals surface area (Å²) in [5, 5.41) is 5.00. The van der Waals surface area contributed by atoms with E-state index in [1.165, 1.54) is 18.6 Å². The van der Waals surface area contributed by atoms with Gasteiger partial charge in [0.25, 0.3) is 5.91 Å². The van der Waals surface area contributed by atoms with Gasteiger partial charge in [0.1, 0.15) is 5.75 Å². The molecule has 2 rings (SSSR count). The van der Waals surface area contributed by atoms with E-state index in [4.69, 9.17) is 16.3 Å². The van der Waals surface area contributed by atoms with Crippen LogP contribution in [0.1, 0.15) is 16.1 Å². The number of benzene rings is 1. The van der Waals surface area contributed by atoms with Crippen molar-refractivity contribution in [3.05, 3.63) is 39.9 Å². The van der Waals surface area contributed by atoms with Gasteiger partial charge in [-0.05, 0) is 30.6 Å². The molecule has 0 aliphatic carbocycles. The van der Waals surface area contributed by atoms with Gasteiger partial charge in [-0.2, -0.15) is 4.37 Å². The third-order valence-electron chi connectivity index (χ3n) is 2.40. The number of ether oxygens (including phenoxy) is 1. The molecule has 1 heterocycles. The van der Waals surface area contributed by atoms with E-state index in [2.05, 4.69) is 9.69 Å². The van der Waals surface area contributed by atoms with E-state index < -0.39 is 0 Å². The second-order valence-electron chi connectivity index (χ2n) is 3.62. The molecule has 0 saturated carbocycles. The summed E-state index contributed by atoms with van der Waals surface area (Å²) in [6.07, 6.45) is 0. The number of hydrogen-bond donors (Lipinski definition) is 1. The molecule has 0 saturated heterocycles. The Morgan fingerprint density at radius 2 is 2.28 bits per heavy atom. The van der Waals surface area contributed by atoms with Crippen LogP contribution >= 0.6 is 23.1 Å². The number of carbonyl (C=O) groups is 1. The lowest BCUT2D eigenvalue weighted by molar-refractivity contribution is 0.102. The third-order valence-corrected chi connectivity index (χ3v) is 3.44. The number of methoxy groups -OCH3 is 1. The third kappa shape index (κ3) is 2.63. The van der Waals surface area contributed by atoms with Crippen molar-refractivity contribution in [2.75, 3.05) is 12.4 Å². The first-order valence-corrected chi connectivity index (χ1v) is 6.39. The average Bonchev–Trinajstić information content (AvgIpc) is 2.78. The van der Waals surface area contributed by atoms with Crippen LogP contribution in [0.25, 0.3) is 0 Å². The van der Waals surface area contributed by atoms with Gasteiger partial charge in [-0.15, -0.1) is 0 Å². The molecule has 0 atom stereocenters. The number of anilines is 1. The Kier molecular flexibility index (Phi) is 3.84. The summed E-state index contributed by atoms with van der Waals surface area (Å²) >= 11 is 7.17. The molecule has 0 radical (unpaired) electrons. The Bertz CT molecular complexity index is 583. The first kappa shape index (κ1) is 12.9. The average molecular weight is 283 g/mol. The quantitative estimate of drug-likeness (QED) is 0.939. The highest BCUT2D eigenvalue weighted by molar-refractivity contribution is 7.04. The largest absolute Gasteiger partial charge is 0.495 e. The van der Waals surface area contributed by atoms with E-state index in [0.29, 0.717) is 22.0 Å². The lowest BCUT2D eigenvalue weighted by Gasteiger charge is -2.07. The maximum Gasteiger partial charge on any atom is 0.258 e. The highest BCUT2D eigenvalue weighted by atomic mass is 35.5. The molecule has 1 aromatic carbocycles. The monoisotopic (exact) mass is 282 g/mol. The molecule has 0 unspecified atom stereocenters. The van der Waals surface area contributed by atoms with Gasteiger partial charge in [-0.1, -0.05) is 11.6 Å². The Balaban J connectivity index is 2.20. The summed E-state index contributed by atoms with van der Waals surface area (Å²) in [5.41, 5.74) is 1.93. The van der Waals surface area contributed by atoms with Crippen LogP contribution in [0.2, 0.25) is 5.02 Å². The lowest BCUT2D eigenvalue weighted by Crippen LogP contribution is -2.12. The van der Waals surface area contributed by atoms with Gasteiger partial charge in [-0.25, -0.2) is 0 Å². The molecule has 18 heavy (non-hydrogen) atoms. The van der Waals surface area contributed by atoms with Crippen molar-refractivity contribution < 1.29 is 9.53 Å². The number of aryl methyl sites for hydroxylation is 1. The Morgan fingerprint density at radius 1 is 1.50 bits per heavy atom. The van der Waals surface area contributed by atoms with E-state index in [9.17, 15) is 4.79 Å².